The molecule has 1 aliphatic rings. The zero-order valence-electron chi connectivity index (χ0n) is 12.6. The molecule has 0 bridgehead atoms. The van der Waals surface area contributed by atoms with Gasteiger partial charge in [-0.1, -0.05) is 17.4 Å². The third-order valence-corrected chi connectivity index (χ3v) is 4.12. The average Bonchev–Trinajstić information content (AvgIpc) is 3.18. The van der Waals surface area contributed by atoms with Crippen LogP contribution in [0.3, 0.4) is 0 Å². The molecular weight excluding hydrogens is 295 g/mol. The van der Waals surface area contributed by atoms with Gasteiger partial charge in [-0.3, -0.25) is 0 Å². The first-order valence-electron chi connectivity index (χ1n) is 7.44. The van der Waals surface area contributed by atoms with Crippen LogP contribution in [0, 0.1) is 12.7 Å². The Morgan fingerprint density at radius 1 is 1.30 bits per heavy atom. The molecule has 0 fully saturated rings. The molecule has 3 aromatic rings. The van der Waals surface area contributed by atoms with Gasteiger partial charge in [0, 0.05) is 18.1 Å². The summed E-state index contributed by atoms with van der Waals surface area (Å²) >= 11 is 0. The first kappa shape index (κ1) is 13.8. The molecule has 23 heavy (non-hydrogen) atoms. The lowest BCUT2D eigenvalue weighted by Gasteiger charge is -2.15. The summed E-state index contributed by atoms with van der Waals surface area (Å²) in [5, 5.41) is 12.7. The highest BCUT2D eigenvalue weighted by Crippen LogP contribution is 2.27. The molecule has 0 spiro atoms. The number of aryl methyl sites for hydroxylation is 1. The first-order valence-corrected chi connectivity index (χ1v) is 7.44. The summed E-state index contributed by atoms with van der Waals surface area (Å²) in [5.74, 6) is -0.289. The summed E-state index contributed by atoms with van der Waals surface area (Å²) in [6.07, 6.45) is 8.81. The molecule has 0 radical (unpaired) electrons. The molecule has 4 rings (SSSR count). The summed E-state index contributed by atoms with van der Waals surface area (Å²) < 4.78 is 17.3. The van der Waals surface area contributed by atoms with Gasteiger partial charge in [-0.25, -0.2) is 18.7 Å². The minimum Gasteiger partial charge on any atom is -0.249 e. The lowest BCUT2D eigenvalue weighted by atomic mass is 10.1. The van der Waals surface area contributed by atoms with Crippen LogP contribution in [-0.2, 0) is 6.42 Å². The van der Waals surface area contributed by atoms with E-state index >= 15 is 0 Å². The molecule has 0 saturated carbocycles. The number of fused-ring (bicyclic) bond motifs is 3. The fraction of sp³-hybridized carbons (Fsp3) is 0.250. The summed E-state index contributed by atoms with van der Waals surface area (Å²) in [5.41, 5.74) is 3.42. The van der Waals surface area contributed by atoms with Crippen LogP contribution in [0.2, 0.25) is 0 Å². The van der Waals surface area contributed by atoms with E-state index in [9.17, 15) is 4.39 Å². The first-order chi connectivity index (χ1) is 11.2. The Morgan fingerprint density at radius 2 is 2.22 bits per heavy atom. The highest BCUT2D eigenvalue weighted by atomic mass is 19.1. The minimum absolute atomic E-state index is 0.115. The standard InChI is InChI=1S/C16H15FN6/c1-11-15-8-14(22-10-18-9-19-22)4-2-3-12-5-6-13(17)7-16(12)23(15)21-20-11/h2-3,5-7,9-10,14H,4,8H2,1H3/b3-2+. The highest BCUT2D eigenvalue weighted by molar-refractivity contribution is 5.61. The summed E-state index contributed by atoms with van der Waals surface area (Å²) in [4.78, 5) is 4.03. The van der Waals surface area contributed by atoms with Gasteiger partial charge in [0.05, 0.1) is 23.1 Å². The van der Waals surface area contributed by atoms with Gasteiger partial charge in [-0.15, -0.1) is 5.10 Å². The highest BCUT2D eigenvalue weighted by Gasteiger charge is 2.21. The fourth-order valence-corrected chi connectivity index (χ4v) is 2.91. The smallest absolute Gasteiger partial charge is 0.137 e. The van der Waals surface area contributed by atoms with Crippen LogP contribution in [-0.4, -0.2) is 29.8 Å². The monoisotopic (exact) mass is 310 g/mol. The van der Waals surface area contributed by atoms with Crippen LogP contribution in [0.1, 0.15) is 29.4 Å². The van der Waals surface area contributed by atoms with Crippen molar-refractivity contribution in [2.45, 2.75) is 25.8 Å². The second kappa shape index (κ2) is 5.42. The van der Waals surface area contributed by atoms with Crippen molar-refractivity contribution in [2.24, 2.45) is 0 Å². The molecule has 0 amide bonds. The zero-order valence-corrected chi connectivity index (χ0v) is 12.6. The molecular formula is C16H15FN6. The molecule has 1 atom stereocenters. The molecule has 0 N–H and O–H groups in total. The Morgan fingerprint density at radius 3 is 3.04 bits per heavy atom. The minimum atomic E-state index is -0.289. The largest absolute Gasteiger partial charge is 0.249 e. The molecule has 3 heterocycles. The summed E-state index contributed by atoms with van der Waals surface area (Å²) in [7, 11) is 0. The fourth-order valence-electron chi connectivity index (χ4n) is 2.91. The van der Waals surface area contributed by atoms with E-state index in [-0.39, 0.29) is 11.9 Å². The van der Waals surface area contributed by atoms with Gasteiger partial charge in [0.25, 0.3) is 0 Å². The van der Waals surface area contributed by atoms with E-state index in [1.165, 1.54) is 18.5 Å². The SMILES string of the molecule is Cc1nnn2c1CC(n1cncn1)C/C=C/c1ccc(F)cc1-2. The van der Waals surface area contributed by atoms with Crippen LogP contribution in [0.4, 0.5) is 4.39 Å². The maximum Gasteiger partial charge on any atom is 0.137 e. The number of allylic oxidation sites excluding steroid dienone is 1. The molecule has 2 aromatic heterocycles. The predicted octanol–water partition coefficient (Wildman–Crippen LogP) is 2.51. The Bertz CT molecular complexity index is 865. The van der Waals surface area contributed by atoms with Gasteiger partial charge in [-0.05, 0) is 25.5 Å². The predicted molar refractivity (Wildman–Crippen MR) is 82.5 cm³/mol. The van der Waals surface area contributed by atoms with Crippen molar-refractivity contribution in [1.82, 2.24) is 29.8 Å². The molecule has 0 saturated heterocycles. The van der Waals surface area contributed by atoms with Gasteiger partial charge in [0.2, 0.25) is 0 Å². The number of nitrogens with zero attached hydrogens (tertiary/aromatic N) is 6. The van der Waals surface area contributed by atoms with E-state index in [0.717, 1.165) is 23.4 Å². The van der Waals surface area contributed by atoms with E-state index < -0.39 is 0 Å². The number of halogens is 1. The molecule has 1 aliphatic heterocycles. The van der Waals surface area contributed by atoms with Crippen molar-refractivity contribution in [3.05, 3.63) is 59.7 Å². The number of rotatable bonds is 1. The van der Waals surface area contributed by atoms with Crippen LogP contribution < -0.4 is 0 Å². The quantitative estimate of drug-likeness (QED) is 0.693. The molecule has 116 valence electrons. The normalized spacial score (nSPS) is 18.4. The lowest BCUT2D eigenvalue weighted by Crippen LogP contribution is -2.15. The Labute approximate surface area is 132 Å². The van der Waals surface area contributed by atoms with Gasteiger partial charge in [-0.2, -0.15) is 5.10 Å². The van der Waals surface area contributed by atoms with E-state index in [1.807, 2.05) is 17.7 Å². The third kappa shape index (κ3) is 2.44. The van der Waals surface area contributed by atoms with Crippen molar-refractivity contribution in [1.29, 1.82) is 0 Å². The maximum absolute atomic E-state index is 13.7. The van der Waals surface area contributed by atoms with Gasteiger partial charge in [0.15, 0.2) is 0 Å². The van der Waals surface area contributed by atoms with E-state index in [4.69, 9.17) is 0 Å². The maximum atomic E-state index is 13.7. The van der Waals surface area contributed by atoms with E-state index in [0.29, 0.717) is 12.1 Å². The van der Waals surface area contributed by atoms with Crippen molar-refractivity contribution >= 4 is 6.08 Å². The number of benzene rings is 1. The van der Waals surface area contributed by atoms with Gasteiger partial charge >= 0.3 is 0 Å². The van der Waals surface area contributed by atoms with Gasteiger partial charge < -0.3 is 0 Å². The second-order valence-electron chi connectivity index (χ2n) is 5.61. The zero-order chi connectivity index (χ0) is 15.8. The lowest BCUT2D eigenvalue weighted by molar-refractivity contribution is 0.446. The molecule has 7 heteroatoms. The van der Waals surface area contributed by atoms with E-state index in [1.54, 1.807) is 17.1 Å². The molecule has 1 aromatic carbocycles. The Hall–Kier alpha value is -2.83. The van der Waals surface area contributed by atoms with Crippen molar-refractivity contribution in [3.63, 3.8) is 0 Å². The van der Waals surface area contributed by atoms with Crippen LogP contribution in [0.15, 0.2) is 36.9 Å². The Balaban J connectivity index is 1.88. The number of hydrogen-bond acceptors (Lipinski definition) is 4. The van der Waals surface area contributed by atoms with Crippen LogP contribution in [0.5, 0.6) is 0 Å². The van der Waals surface area contributed by atoms with Crippen molar-refractivity contribution < 1.29 is 4.39 Å². The van der Waals surface area contributed by atoms with Crippen molar-refractivity contribution in [3.8, 4) is 5.69 Å². The van der Waals surface area contributed by atoms with Gasteiger partial charge in [0.1, 0.15) is 18.5 Å². The summed E-state index contributed by atoms with van der Waals surface area (Å²) in [6, 6.07) is 4.83. The molecule has 1 unspecified atom stereocenters. The van der Waals surface area contributed by atoms with E-state index in [2.05, 4.69) is 26.5 Å². The Kier molecular flexibility index (Phi) is 3.25. The average molecular weight is 310 g/mol. The number of hydrogen-bond donors (Lipinski definition) is 0. The topological polar surface area (TPSA) is 61.4 Å². The second-order valence-corrected chi connectivity index (χ2v) is 5.61. The van der Waals surface area contributed by atoms with Crippen LogP contribution >= 0.6 is 0 Å². The molecule has 0 aliphatic carbocycles. The van der Waals surface area contributed by atoms with Crippen molar-refractivity contribution in [2.75, 3.05) is 0 Å². The number of aromatic nitrogens is 6. The van der Waals surface area contributed by atoms with Crippen LogP contribution in [0.25, 0.3) is 11.8 Å². The third-order valence-electron chi connectivity index (χ3n) is 4.12. The molecule has 6 nitrogen and oxygen atoms in total. The summed E-state index contributed by atoms with van der Waals surface area (Å²) in [6.45, 7) is 1.92.